The number of nitrogens with one attached hydrogen (secondary N) is 1. The third kappa shape index (κ3) is 4.07. The topological polar surface area (TPSA) is 66.5 Å². The monoisotopic (exact) mass is 364 g/mol. The van der Waals surface area contributed by atoms with Crippen LogP contribution in [0.2, 0.25) is 0 Å². The van der Waals surface area contributed by atoms with Crippen molar-refractivity contribution < 1.29 is 26.4 Å². The number of sulfonamides is 1. The Bertz CT molecular complexity index is 717. The van der Waals surface area contributed by atoms with Crippen molar-refractivity contribution in [1.82, 2.24) is 4.31 Å². The van der Waals surface area contributed by atoms with Crippen LogP contribution in [0.5, 0.6) is 0 Å². The predicted octanol–water partition coefficient (Wildman–Crippen LogP) is 2.49. The molecule has 1 aromatic rings. The average Bonchev–Trinajstić information content (AvgIpc) is 2.55. The van der Waals surface area contributed by atoms with Crippen molar-refractivity contribution in [1.29, 1.82) is 0 Å². The van der Waals surface area contributed by atoms with Gasteiger partial charge in [0.15, 0.2) is 17.5 Å². The van der Waals surface area contributed by atoms with E-state index in [2.05, 4.69) is 5.32 Å². The van der Waals surface area contributed by atoms with Crippen LogP contribution in [0.15, 0.2) is 12.1 Å². The number of anilines is 1. The average molecular weight is 364 g/mol. The molecule has 0 radical (unpaired) electrons. The Balaban J connectivity index is 1.98. The van der Waals surface area contributed by atoms with Gasteiger partial charge in [-0.3, -0.25) is 4.79 Å². The second-order valence-electron chi connectivity index (χ2n) is 5.70. The molecule has 0 saturated carbocycles. The number of halogens is 3. The van der Waals surface area contributed by atoms with Crippen molar-refractivity contribution >= 4 is 21.6 Å². The maximum absolute atomic E-state index is 13.6. The summed E-state index contributed by atoms with van der Waals surface area (Å²) in [4.78, 5) is 12.1. The quantitative estimate of drug-likeness (QED) is 0.817. The van der Waals surface area contributed by atoms with E-state index in [1.165, 1.54) is 4.31 Å². The Kier molecular flexibility index (Phi) is 5.87. The summed E-state index contributed by atoms with van der Waals surface area (Å²) in [5.41, 5.74) is -0.431. The molecular formula is C15H19F3N2O3S. The van der Waals surface area contributed by atoms with Gasteiger partial charge in [0.1, 0.15) is 0 Å². The third-order valence-electron chi connectivity index (χ3n) is 3.97. The normalized spacial score (nSPS) is 17.0. The molecule has 1 saturated heterocycles. The maximum atomic E-state index is 13.6. The van der Waals surface area contributed by atoms with Crippen LogP contribution >= 0.6 is 0 Å². The van der Waals surface area contributed by atoms with E-state index in [4.69, 9.17) is 0 Å². The molecule has 134 valence electrons. The number of amides is 1. The van der Waals surface area contributed by atoms with Crippen LogP contribution in [-0.2, 0) is 14.8 Å². The van der Waals surface area contributed by atoms with Crippen LogP contribution in [0, 0.1) is 23.4 Å². The highest BCUT2D eigenvalue weighted by Gasteiger charge is 2.31. The van der Waals surface area contributed by atoms with Gasteiger partial charge in [0.25, 0.3) is 0 Å². The van der Waals surface area contributed by atoms with Crippen molar-refractivity contribution in [2.24, 2.45) is 5.92 Å². The molecule has 1 amide bonds. The molecule has 5 nitrogen and oxygen atoms in total. The van der Waals surface area contributed by atoms with Gasteiger partial charge in [-0.15, -0.1) is 0 Å². The first kappa shape index (κ1) is 18.7. The zero-order chi connectivity index (χ0) is 17.9. The van der Waals surface area contributed by atoms with Crippen molar-refractivity contribution in [3.63, 3.8) is 0 Å². The fourth-order valence-corrected chi connectivity index (χ4v) is 4.18. The summed E-state index contributed by atoms with van der Waals surface area (Å²) < 4.78 is 64.9. The van der Waals surface area contributed by atoms with Crippen molar-refractivity contribution in [2.75, 3.05) is 24.2 Å². The molecule has 0 aliphatic carbocycles. The standard InChI is InChI=1S/C15H19F3N2O3S/c1-2-9-24(22,23)20-7-5-10(6-8-20)15(21)19-12-4-3-11(16)13(17)14(12)18/h3-4,10H,2,5-9H2,1H3,(H,19,21). The summed E-state index contributed by atoms with van der Waals surface area (Å²) in [6, 6.07) is 1.68. The van der Waals surface area contributed by atoms with Crippen molar-refractivity contribution in [2.45, 2.75) is 26.2 Å². The molecule has 1 aliphatic heterocycles. The summed E-state index contributed by atoms with van der Waals surface area (Å²) in [5, 5.41) is 2.24. The number of carbonyl (C=O) groups excluding carboxylic acids is 1. The highest BCUT2D eigenvalue weighted by Crippen LogP contribution is 2.24. The summed E-state index contributed by atoms with van der Waals surface area (Å²) in [5.74, 6) is -5.42. The summed E-state index contributed by atoms with van der Waals surface area (Å²) in [7, 11) is -3.31. The van der Waals surface area contributed by atoms with Crippen molar-refractivity contribution in [3.05, 3.63) is 29.6 Å². The second kappa shape index (κ2) is 7.52. The summed E-state index contributed by atoms with van der Waals surface area (Å²) in [6.45, 7) is 2.19. The molecule has 0 spiro atoms. The molecule has 0 atom stereocenters. The van der Waals surface area contributed by atoms with Crippen LogP contribution in [0.1, 0.15) is 26.2 Å². The lowest BCUT2D eigenvalue weighted by Crippen LogP contribution is -2.42. The zero-order valence-electron chi connectivity index (χ0n) is 13.2. The first-order valence-electron chi connectivity index (χ1n) is 7.68. The zero-order valence-corrected chi connectivity index (χ0v) is 14.0. The van der Waals surface area contributed by atoms with Gasteiger partial charge in [-0.1, -0.05) is 6.92 Å². The number of benzene rings is 1. The smallest absolute Gasteiger partial charge is 0.227 e. The van der Waals surface area contributed by atoms with Crippen LogP contribution in [0.3, 0.4) is 0 Å². The number of nitrogens with zero attached hydrogens (tertiary/aromatic N) is 1. The lowest BCUT2D eigenvalue weighted by atomic mass is 9.97. The maximum Gasteiger partial charge on any atom is 0.227 e. The Hall–Kier alpha value is -1.61. The predicted molar refractivity (Wildman–Crippen MR) is 83.3 cm³/mol. The molecule has 1 fully saturated rings. The Morgan fingerprint density at radius 1 is 1.21 bits per heavy atom. The molecule has 0 bridgehead atoms. The lowest BCUT2D eigenvalue weighted by molar-refractivity contribution is -0.120. The Morgan fingerprint density at radius 3 is 2.42 bits per heavy atom. The minimum Gasteiger partial charge on any atom is -0.323 e. The molecule has 1 aromatic carbocycles. The summed E-state index contributed by atoms with van der Waals surface area (Å²) >= 11 is 0. The first-order chi connectivity index (χ1) is 11.3. The molecule has 0 unspecified atom stereocenters. The minimum atomic E-state index is -3.31. The van der Waals surface area contributed by atoms with E-state index in [-0.39, 0.29) is 18.8 Å². The van der Waals surface area contributed by atoms with Gasteiger partial charge in [-0.2, -0.15) is 0 Å². The fraction of sp³-hybridized carbons (Fsp3) is 0.533. The van der Waals surface area contributed by atoms with Gasteiger partial charge in [0, 0.05) is 19.0 Å². The Labute approximate surface area is 138 Å². The van der Waals surface area contributed by atoms with Gasteiger partial charge in [-0.05, 0) is 31.4 Å². The van der Waals surface area contributed by atoms with Crippen LogP contribution < -0.4 is 5.32 Å². The fourth-order valence-electron chi connectivity index (χ4n) is 2.64. The van der Waals surface area contributed by atoms with Crippen LogP contribution in [-0.4, -0.2) is 37.5 Å². The Morgan fingerprint density at radius 2 is 1.83 bits per heavy atom. The van der Waals surface area contributed by atoms with Gasteiger partial charge in [0.2, 0.25) is 15.9 Å². The van der Waals surface area contributed by atoms with Gasteiger partial charge in [0.05, 0.1) is 11.4 Å². The minimum absolute atomic E-state index is 0.0595. The van der Waals surface area contributed by atoms with E-state index in [1.54, 1.807) is 6.92 Å². The van der Waals surface area contributed by atoms with Crippen LogP contribution in [0.25, 0.3) is 0 Å². The highest BCUT2D eigenvalue weighted by atomic mass is 32.2. The molecular weight excluding hydrogens is 345 g/mol. The van der Waals surface area contributed by atoms with E-state index in [0.717, 1.165) is 12.1 Å². The van der Waals surface area contributed by atoms with Crippen LogP contribution in [0.4, 0.5) is 18.9 Å². The molecule has 1 aliphatic rings. The SMILES string of the molecule is CCCS(=O)(=O)N1CCC(C(=O)Nc2ccc(F)c(F)c2F)CC1. The van der Waals surface area contributed by atoms with E-state index >= 15 is 0 Å². The highest BCUT2D eigenvalue weighted by molar-refractivity contribution is 7.89. The number of hydrogen-bond acceptors (Lipinski definition) is 3. The van der Waals surface area contributed by atoms with Gasteiger partial charge in [-0.25, -0.2) is 25.9 Å². The van der Waals surface area contributed by atoms with E-state index in [0.29, 0.717) is 19.3 Å². The van der Waals surface area contributed by atoms with E-state index in [9.17, 15) is 26.4 Å². The third-order valence-corrected chi connectivity index (χ3v) is 6.05. The van der Waals surface area contributed by atoms with E-state index in [1.807, 2.05) is 0 Å². The molecule has 2 rings (SSSR count). The van der Waals surface area contributed by atoms with Gasteiger partial charge < -0.3 is 5.32 Å². The number of hydrogen-bond donors (Lipinski definition) is 1. The lowest BCUT2D eigenvalue weighted by Gasteiger charge is -2.30. The van der Waals surface area contributed by atoms with Gasteiger partial charge >= 0.3 is 0 Å². The number of piperidine rings is 1. The number of carbonyl (C=O) groups is 1. The second-order valence-corrected chi connectivity index (χ2v) is 7.79. The molecule has 1 heterocycles. The molecule has 24 heavy (non-hydrogen) atoms. The molecule has 0 aromatic heterocycles. The van der Waals surface area contributed by atoms with Crippen molar-refractivity contribution in [3.8, 4) is 0 Å². The molecule has 9 heteroatoms. The summed E-state index contributed by atoms with van der Waals surface area (Å²) in [6.07, 6.45) is 1.10. The first-order valence-corrected chi connectivity index (χ1v) is 9.29. The number of rotatable bonds is 5. The molecule has 1 N–H and O–H groups in total. The largest absolute Gasteiger partial charge is 0.323 e. The van der Waals surface area contributed by atoms with E-state index < -0.39 is 45.0 Å².